The molecule has 0 spiro atoms. The number of hydrogen-bond acceptors (Lipinski definition) is 3. The predicted molar refractivity (Wildman–Crippen MR) is 83.1 cm³/mol. The lowest BCUT2D eigenvalue weighted by Gasteiger charge is -2.33. The highest BCUT2D eigenvalue weighted by molar-refractivity contribution is 7.99. The molecule has 21 heavy (non-hydrogen) atoms. The largest absolute Gasteiger partial charge is 0.481 e. The zero-order chi connectivity index (χ0) is 15.0. The number of carbonyl (C=O) groups is 2. The fraction of sp³-hybridized carbons (Fsp3) is 0.750. The molecule has 0 aliphatic heterocycles. The minimum atomic E-state index is -0.822. The molecule has 3 aliphatic carbocycles. The summed E-state index contributed by atoms with van der Waals surface area (Å²) in [5.74, 6) is -1.60. The van der Waals surface area contributed by atoms with Crippen molar-refractivity contribution in [2.24, 2.45) is 23.7 Å². The molecular weight excluding hydrogens is 286 g/mol. The summed E-state index contributed by atoms with van der Waals surface area (Å²) in [6.45, 7) is 0. The average Bonchev–Trinajstić information content (AvgIpc) is 3.08. The molecular formula is C16H23NO3S. The van der Waals surface area contributed by atoms with Crippen LogP contribution < -0.4 is 5.32 Å². The smallest absolute Gasteiger partial charge is 0.307 e. The molecule has 0 heterocycles. The van der Waals surface area contributed by atoms with Gasteiger partial charge in [0.1, 0.15) is 0 Å². The minimum Gasteiger partial charge on any atom is -0.481 e. The van der Waals surface area contributed by atoms with Gasteiger partial charge in [-0.1, -0.05) is 25.0 Å². The fourth-order valence-corrected chi connectivity index (χ4v) is 5.27. The van der Waals surface area contributed by atoms with E-state index in [9.17, 15) is 14.7 Å². The lowest BCUT2D eigenvalue weighted by molar-refractivity contribution is -0.148. The van der Waals surface area contributed by atoms with E-state index in [1.54, 1.807) is 0 Å². The third-order valence-corrected chi connectivity index (χ3v) is 6.55. The number of thioether (sulfide) groups is 1. The van der Waals surface area contributed by atoms with Gasteiger partial charge < -0.3 is 10.4 Å². The van der Waals surface area contributed by atoms with Crippen LogP contribution in [0.15, 0.2) is 12.2 Å². The summed E-state index contributed by atoms with van der Waals surface area (Å²) in [5.41, 5.74) is 0. The second kappa shape index (κ2) is 6.03. The monoisotopic (exact) mass is 309 g/mol. The molecule has 0 radical (unpaired) electrons. The number of nitrogens with one attached hydrogen (secondary N) is 1. The van der Waals surface area contributed by atoms with E-state index in [2.05, 4.69) is 11.6 Å². The number of allylic oxidation sites excluding steroid dienone is 2. The van der Waals surface area contributed by atoms with Gasteiger partial charge in [0.25, 0.3) is 0 Å². The van der Waals surface area contributed by atoms with Gasteiger partial charge in [-0.15, -0.1) is 0 Å². The van der Waals surface area contributed by atoms with Crippen molar-refractivity contribution in [2.75, 3.05) is 6.26 Å². The molecule has 0 aromatic heterocycles. The molecule has 2 N–H and O–H groups in total. The number of carboxylic acids is 1. The Morgan fingerprint density at radius 1 is 1.14 bits per heavy atom. The average molecular weight is 309 g/mol. The Bertz CT molecular complexity index is 464. The Labute approximate surface area is 129 Å². The van der Waals surface area contributed by atoms with Crippen LogP contribution in [0, 0.1) is 23.7 Å². The van der Waals surface area contributed by atoms with Gasteiger partial charge in [-0.2, -0.15) is 11.8 Å². The predicted octanol–water partition coefficient (Wildman–Crippen LogP) is 2.30. The van der Waals surface area contributed by atoms with Gasteiger partial charge >= 0.3 is 5.97 Å². The molecule has 1 amide bonds. The molecule has 3 rings (SSSR count). The first-order valence-electron chi connectivity index (χ1n) is 7.86. The lowest BCUT2D eigenvalue weighted by Crippen LogP contribution is -2.48. The normalized spacial score (nSPS) is 41.2. The highest BCUT2D eigenvalue weighted by Gasteiger charge is 2.52. The van der Waals surface area contributed by atoms with Gasteiger partial charge in [-0.3, -0.25) is 9.59 Å². The van der Waals surface area contributed by atoms with E-state index in [0.29, 0.717) is 5.25 Å². The lowest BCUT2D eigenvalue weighted by atomic mass is 9.82. The van der Waals surface area contributed by atoms with Crippen molar-refractivity contribution in [1.29, 1.82) is 0 Å². The molecule has 2 saturated carbocycles. The van der Waals surface area contributed by atoms with Gasteiger partial charge in [0.15, 0.2) is 0 Å². The topological polar surface area (TPSA) is 66.4 Å². The first-order valence-corrected chi connectivity index (χ1v) is 9.15. The summed E-state index contributed by atoms with van der Waals surface area (Å²) in [4.78, 5) is 24.2. The fourth-order valence-electron chi connectivity index (χ4n) is 4.34. The Morgan fingerprint density at radius 3 is 2.48 bits per heavy atom. The summed E-state index contributed by atoms with van der Waals surface area (Å²) < 4.78 is 0. The maximum atomic E-state index is 12.7. The number of fused-ring (bicyclic) bond motifs is 2. The van der Waals surface area contributed by atoms with E-state index in [4.69, 9.17) is 0 Å². The van der Waals surface area contributed by atoms with Crippen LogP contribution in [0.25, 0.3) is 0 Å². The molecule has 2 fully saturated rings. The highest BCUT2D eigenvalue weighted by atomic mass is 32.2. The number of rotatable bonds is 4. The van der Waals surface area contributed by atoms with Crippen LogP contribution in [0.5, 0.6) is 0 Å². The minimum absolute atomic E-state index is 0.0369. The van der Waals surface area contributed by atoms with Crippen LogP contribution in [0.3, 0.4) is 0 Å². The molecule has 4 unspecified atom stereocenters. The van der Waals surface area contributed by atoms with Crippen LogP contribution in [-0.2, 0) is 9.59 Å². The second-order valence-electron chi connectivity index (χ2n) is 6.51. The van der Waals surface area contributed by atoms with Gasteiger partial charge in [0.2, 0.25) is 5.91 Å². The van der Waals surface area contributed by atoms with E-state index in [-0.39, 0.29) is 29.7 Å². The number of amides is 1. The Kier molecular flexibility index (Phi) is 4.29. The molecule has 116 valence electrons. The van der Waals surface area contributed by atoms with E-state index in [1.165, 1.54) is 6.42 Å². The zero-order valence-electron chi connectivity index (χ0n) is 12.3. The summed E-state index contributed by atoms with van der Waals surface area (Å²) in [6, 6.07) is 0.207. The van der Waals surface area contributed by atoms with Gasteiger partial charge in [0, 0.05) is 11.3 Å². The van der Waals surface area contributed by atoms with Gasteiger partial charge in [-0.25, -0.2) is 0 Å². The third-order valence-electron chi connectivity index (χ3n) is 5.38. The third kappa shape index (κ3) is 2.72. The van der Waals surface area contributed by atoms with E-state index < -0.39 is 11.9 Å². The quantitative estimate of drug-likeness (QED) is 0.782. The zero-order valence-corrected chi connectivity index (χ0v) is 13.1. The Balaban J connectivity index is 1.70. The summed E-state index contributed by atoms with van der Waals surface area (Å²) >= 11 is 1.82. The number of carbonyl (C=O) groups excluding carboxylic acids is 1. The van der Waals surface area contributed by atoms with Gasteiger partial charge in [-0.05, 0) is 37.4 Å². The van der Waals surface area contributed by atoms with Gasteiger partial charge in [0.05, 0.1) is 11.8 Å². The number of carboxylic acid groups (broad SMARTS) is 1. The first kappa shape index (κ1) is 14.9. The summed E-state index contributed by atoms with van der Waals surface area (Å²) in [7, 11) is 0. The van der Waals surface area contributed by atoms with Crippen LogP contribution >= 0.6 is 11.8 Å². The SMILES string of the molecule is CSC1CCCCC1NC(=O)[C@H]1C2C=CC(C2)[C@H]1C(=O)O. The maximum Gasteiger partial charge on any atom is 0.307 e. The van der Waals surface area contributed by atoms with Crippen molar-refractivity contribution >= 4 is 23.6 Å². The molecule has 0 aromatic rings. The second-order valence-corrected chi connectivity index (χ2v) is 7.59. The molecule has 3 aliphatic rings. The van der Waals surface area contributed by atoms with E-state index >= 15 is 0 Å². The first-order chi connectivity index (χ1) is 10.1. The van der Waals surface area contributed by atoms with Crippen molar-refractivity contribution in [3.63, 3.8) is 0 Å². The van der Waals surface area contributed by atoms with Crippen molar-refractivity contribution in [1.82, 2.24) is 5.32 Å². The number of aliphatic carboxylic acids is 1. The van der Waals surface area contributed by atoms with Crippen LogP contribution in [0.4, 0.5) is 0 Å². The standard InChI is InChI=1S/C16H23NO3S/c1-21-12-5-3-2-4-11(12)17-15(18)13-9-6-7-10(8-9)14(13)16(19)20/h6-7,9-14H,2-5,8H2,1H3,(H,17,18)(H,19,20)/t9?,10?,11?,12?,13-,14+/m0/s1. The number of hydrogen-bond donors (Lipinski definition) is 2. The van der Waals surface area contributed by atoms with E-state index in [0.717, 1.165) is 25.7 Å². The maximum absolute atomic E-state index is 12.7. The molecule has 4 nitrogen and oxygen atoms in total. The summed E-state index contributed by atoms with van der Waals surface area (Å²) in [6.07, 6.45) is 11.5. The molecule has 5 heteroatoms. The van der Waals surface area contributed by atoms with Crippen LogP contribution in [-0.4, -0.2) is 34.5 Å². The van der Waals surface area contributed by atoms with Crippen molar-refractivity contribution in [2.45, 2.75) is 43.4 Å². The molecule has 2 bridgehead atoms. The highest BCUT2D eigenvalue weighted by Crippen LogP contribution is 2.48. The van der Waals surface area contributed by atoms with Crippen molar-refractivity contribution in [3.8, 4) is 0 Å². The summed E-state index contributed by atoms with van der Waals surface area (Å²) in [5, 5.41) is 13.1. The van der Waals surface area contributed by atoms with Crippen LogP contribution in [0.1, 0.15) is 32.1 Å². The van der Waals surface area contributed by atoms with Crippen molar-refractivity contribution < 1.29 is 14.7 Å². The Hall–Kier alpha value is -0.970. The molecule has 0 aromatic carbocycles. The van der Waals surface area contributed by atoms with Crippen LogP contribution in [0.2, 0.25) is 0 Å². The Morgan fingerprint density at radius 2 is 1.81 bits per heavy atom. The molecule has 0 saturated heterocycles. The van der Waals surface area contributed by atoms with E-state index in [1.807, 2.05) is 23.9 Å². The molecule has 6 atom stereocenters. The van der Waals surface area contributed by atoms with Crippen molar-refractivity contribution in [3.05, 3.63) is 12.2 Å².